The highest BCUT2D eigenvalue weighted by molar-refractivity contribution is 7.26. The maximum Gasteiger partial charge on any atom is 0.143 e. The van der Waals surface area contributed by atoms with Crippen molar-refractivity contribution in [3.8, 4) is 22.3 Å². The van der Waals surface area contributed by atoms with E-state index in [-0.39, 0.29) is 0 Å². The number of anilines is 6. The predicted octanol–water partition coefficient (Wildman–Crippen LogP) is 23.2. The number of hydrogen-bond donors (Lipinski definition) is 0. The van der Waals surface area contributed by atoms with Crippen molar-refractivity contribution in [3.05, 3.63) is 253 Å². The van der Waals surface area contributed by atoms with Crippen molar-refractivity contribution in [2.24, 2.45) is 0 Å². The monoisotopic (exact) mass is 1090 g/mol. The van der Waals surface area contributed by atoms with Gasteiger partial charge in [0.2, 0.25) is 0 Å². The highest BCUT2D eigenvalue weighted by Crippen LogP contribution is 2.49. The maximum absolute atomic E-state index is 6.93. The minimum Gasteiger partial charge on any atom is -0.456 e. The Hall–Kier alpha value is -10.3. The number of benzene rings is 12. The number of para-hydroxylation sites is 4. The lowest BCUT2D eigenvalue weighted by molar-refractivity contribution is 0.669. The van der Waals surface area contributed by atoms with Crippen LogP contribution in [0.3, 0.4) is 0 Å². The van der Waals surface area contributed by atoms with Crippen LogP contribution in [-0.4, -0.2) is 0 Å². The molecule has 17 aromatic rings. The zero-order valence-corrected chi connectivity index (χ0v) is 46.7. The smallest absolute Gasteiger partial charge is 0.143 e. The highest BCUT2D eigenvalue weighted by Gasteiger charge is 2.24. The Morgan fingerprint density at radius 2 is 0.639 bits per heavy atom. The van der Waals surface area contributed by atoms with Gasteiger partial charge in [0.05, 0.1) is 0 Å². The summed E-state index contributed by atoms with van der Waals surface area (Å²) in [4.78, 5) is 4.66. The van der Waals surface area contributed by atoms with Gasteiger partial charge in [0.15, 0.2) is 0 Å². The molecule has 7 heteroatoms. The average Bonchev–Trinajstić information content (AvgIpc) is 3.18. The molecule has 0 radical (unpaired) electrons. The molecule has 0 aliphatic heterocycles. The van der Waals surface area contributed by atoms with Gasteiger partial charge in [-0.1, -0.05) is 131 Å². The molecule has 6 nitrogen and oxygen atoms in total. The Morgan fingerprint density at radius 1 is 0.253 bits per heavy atom. The summed E-state index contributed by atoms with van der Waals surface area (Å²) < 4.78 is 29.6. The molecule has 0 N–H and O–H groups in total. The van der Waals surface area contributed by atoms with E-state index < -0.39 is 0 Å². The summed E-state index contributed by atoms with van der Waals surface area (Å²) in [5.74, 6) is 0. The average molecular weight is 1090 g/mol. The van der Waals surface area contributed by atoms with E-state index in [1.807, 2.05) is 23.5 Å². The van der Waals surface area contributed by atoms with Gasteiger partial charge in [-0.3, -0.25) is 0 Å². The van der Waals surface area contributed by atoms with E-state index in [4.69, 9.17) is 17.7 Å². The number of rotatable bonds is 8. The zero-order chi connectivity index (χ0) is 55.2. The molecule has 5 heterocycles. The fourth-order valence-corrected chi connectivity index (χ4v) is 14.3. The SMILES string of the molecule is Cc1cc(C)cc(-c2cc(N(c3ccccc3)c3ccc4c(c3)oc3cc5c(cc34)sc3cc4c(cc35)oc3cc(N(c5ccccc5)c5cc(-c6cc(C)cc(C)c6)c6oc7ccccc7c6c5)ccc34)cc3c2oc2ccccc23)c1. The van der Waals surface area contributed by atoms with Crippen molar-refractivity contribution in [2.45, 2.75) is 27.7 Å². The normalized spacial score (nSPS) is 12.1. The second-order valence-electron chi connectivity index (χ2n) is 22.4. The first kappa shape index (κ1) is 47.5. The van der Waals surface area contributed by atoms with Crippen LogP contribution in [0.2, 0.25) is 0 Å². The quantitative estimate of drug-likeness (QED) is 0.151. The third-order valence-electron chi connectivity index (χ3n) is 16.7. The first-order valence-electron chi connectivity index (χ1n) is 28.2. The van der Waals surface area contributed by atoms with E-state index in [2.05, 4.69) is 256 Å². The van der Waals surface area contributed by atoms with Gasteiger partial charge in [0.1, 0.15) is 44.7 Å². The number of hydrogen-bond acceptors (Lipinski definition) is 7. The van der Waals surface area contributed by atoms with Gasteiger partial charge in [0, 0.05) is 121 Å². The molecular formula is C76H50N2O4S. The minimum absolute atomic E-state index is 0.823. The predicted molar refractivity (Wildman–Crippen MR) is 348 cm³/mol. The van der Waals surface area contributed by atoms with Crippen molar-refractivity contribution < 1.29 is 17.7 Å². The van der Waals surface area contributed by atoms with E-state index in [1.54, 1.807) is 0 Å². The van der Waals surface area contributed by atoms with Crippen LogP contribution in [0.5, 0.6) is 0 Å². The van der Waals surface area contributed by atoms with Crippen LogP contribution in [0.1, 0.15) is 22.3 Å². The Kier molecular flexibility index (Phi) is 10.3. The van der Waals surface area contributed by atoms with Gasteiger partial charge >= 0.3 is 0 Å². The zero-order valence-electron chi connectivity index (χ0n) is 45.9. The van der Waals surface area contributed by atoms with Gasteiger partial charge in [-0.25, -0.2) is 0 Å². The molecule has 0 bridgehead atoms. The Morgan fingerprint density at radius 3 is 1.07 bits per heavy atom. The molecule has 83 heavy (non-hydrogen) atoms. The van der Waals surface area contributed by atoms with Crippen molar-refractivity contribution in [2.75, 3.05) is 9.80 Å². The summed E-state index contributed by atoms with van der Waals surface area (Å²) in [6.07, 6.45) is 0. The lowest BCUT2D eigenvalue weighted by Gasteiger charge is -2.26. The molecular weight excluding hydrogens is 1040 g/mol. The summed E-state index contributed by atoms with van der Waals surface area (Å²) in [6, 6.07) is 82.7. The molecule has 394 valence electrons. The molecule has 0 saturated carbocycles. The highest BCUT2D eigenvalue weighted by atomic mass is 32.1. The summed E-state index contributed by atoms with van der Waals surface area (Å²) in [6.45, 7) is 8.63. The number of furan rings is 4. The molecule has 0 unspecified atom stereocenters. The molecule has 0 fully saturated rings. The Bertz CT molecular complexity index is 5140. The van der Waals surface area contributed by atoms with Crippen LogP contribution in [0.4, 0.5) is 34.1 Å². The van der Waals surface area contributed by atoms with Crippen LogP contribution in [0, 0.1) is 27.7 Å². The molecule has 17 rings (SSSR count). The molecule has 12 aromatic carbocycles. The van der Waals surface area contributed by atoms with E-state index >= 15 is 0 Å². The fraction of sp³-hybridized carbons (Fsp3) is 0.0526. The molecule has 0 amide bonds. The topological polar surface area (TPSA) is 59.0 Å². The second kappa shape index (κ2) is 18.1. The maximum atomic E-state index is 6.93. The molecule has 0 aliphatic carbocycles. The van der Waals surface area contributed by atoms with Crippen molar-refractivity contribution >= 4 is 153 Å². The number of thiophene rings is 1. The van der Waals surface area contributed by atoms with E-state index in [0.29, 0.717) is 0 Å². The van der Waals surface area contributed by atoms with Crippen molar-refractivity contribution in [1.82, 2.24) is 0 Å². The van der Waals surface area contributed by atoms with Crippen molar-refractivity contribution in [1.29, 1.82) is 0 Å². The van der Waals surface area contributed by atoms with Gasteiger partial charge in [-0.05, 0) is 148 Å². The third-order valence-corrected chi connectivity index (χ3v) is 17.8. The number of nitrogens with zero attached hydrogens (tertiary/aromatic N) is 2. The first-order chi connectivity index (χ1) is 40.7. The second-order valence-corrected chi connectivity index (χ2v) is 23.5. The Balaban J connectivity index is 0.779. The van der Waals surface area contributed by atoms with Crippen LogP contribution >= 0.6 is 11.3 Å². The fourth-order valence-electron chi connectivity index (χ4n) is 13.2. The van der Waals surface area contributed by atoms with Crippen molar-refractivity contribution in [3.63, 3.8) is 0 Å². The van der Waals surface area contributed by atoms with E-state index in [9.17, 15) is 0 Å². The summed E-state index contributed by atoms with van der Waals surface area (Å²) in [5, 5.41) is 10.9. The number of fused-ring (bicyclic) bond motifs is 15. The number of aryl methyl sites for hydroxylation is 4. The van der Waals surface area contributed by atoms with Crippen LogP contribution < -0.4 is 9.80 Å². The summed E-state index contributed by atoms with van der Waals surface area (Å²) in [5.41, 5.74) is 22.1. The lowest BCUT2D eigenvalue weighted by atomic mass is 9.97. The standard InChI is InChI=1S/C76H50N2O4S/c1-43-27-44(2)30-47(29-43)59-33-53(35-65-55-19-11-13-21-67(55)81-75(59)65)77(49-15-7-5-8-16-49)51-23-25-57-61-41-73-63(39-71(61)79-69(57)37-51)64-40-72-62(42-74(64)83-73)58-26-24-52(38-70(58)80-72)78(50-17-9-6-10-18-50)54-34-60(48-31-45(3)28-46(4)32-48)76-66(36-54)56-20-12-14-22-68(56)82-76/h5-42H,1-4H3. The molecule has 0 saturated heterocycles. The van der Waals surface area contributed by atoms with Gasteiger partial charge < -0.3 is 27.5 Å². The van der Waals surface area contributed by atoms with Crippen LogP contribution in [0.15, 0.2) is 248 Å². The first-order valence-corrected chi connectivity index (χ1v) is 29.0. The van der Waals surface area contributed by atoms with Crippen LogP contribution in [-0.2, 0) is 0 Å². The summed E-state index contributed by atoms with van der Waals surface area (Å²) >= 11 is 1.81. The van der Waals surface area contributed by atoms with Gasteiger partial charge in [-0.15, -0.1) is 11.3 Å². The van der Waals surface area contributed by atoms with Gasteiger partial charge in [-0.2, -0.15) is 0 Å². The lowest BCUT2D eigenvalue weighted by Crippen LogP contribution is -2.10. The Labute approximate surface area is 480 Å². The minimum atomic E-state index is 0.823. The third kappa shape index (κ3) is 7.62. The largest absolute Gasteiger partial charge is 0.456 e. The van der Waals surface area contributed by atoms with Crippen LogP contribution in [0.25, 0.3) is 130 Å². The molecule has 0 aliphatic rings. The van der Waals surface area contributed by atoms with E-state index in [1.165, 1.54) is 31.7 Å². The molecule has 0 spiro atoms. The van der Waals surface area contributed by atoms with Gasteiger partial charge in [0.25, 0.3) is 0 Å². The molecule has 0 atom stereocenters. The summed E-state index contributed by atoms with van der Waals surface area (Å²) in [7, 11) is 0. The van der Waals surface area contributed by atoms with E-state index in [0.717, 1.165) is 155 Å². The molecule has 5 aromatic heterocycles.